The zero-order chi connectivity index (χ0) is 19.8. The highest BCUT2D eigenvalue weighted by Crippen LogP contribution is 2.35. The number of nitrogens with one attached hydrogen (secondary N) is 2. The Bertz CT molecular complexity index is 1080. The summed E-state index contributed by atoms with van der Waals surface area (Å²) < 4.78 is 1.65. The molecule has 7 heteroatoms. The van der Waals surface area contributed by atoms with Crippen molar-refractivity contribution in [3.05, 3.63) is 76.0 Å². The van der Waals surface area contributed by atoms with E-state index in [1.807, 2.05) is 70.2 Å². The van der Waals surface area contributed by atoms with Gasteiger partial charge in [0, 0.05) is 11.4 Å². The molecule has 2 N–H and O–H groups in total. The molecule has 142 valence electrons. The number of hydrogen-bond donors (Lipinski definition) is 2. The minimum absolute atomic E-state index is 0.177. The maximum atomic E-state index is 13.3. The third-order valence-electron chi connectivity index (χ3n) is 4.98. The number of tetrazole rings is 1. The highest BCUT2D eigenvalue weighted by atomic mass is 16.1. The maximum absolute atomic E-state index is 13.3. The number of nitrogens with zero attached hydrogens (tertiary/aromatic N) is 4. The smallest absolute Gasteiger partial charge is 0.255 e. The first-order chi connectivity index (χ1) is 13.4. The molecule has 7 nitrogen and oxygen atoms in total. The Morgan fingerprint density at radius 3 is 2.46 bits per heavy atom. The number of carbonyl (C=O) groups is 1. The predicted octanol–water partition coefficient (Wildman–Crippen LogP) is 3.53. The van der Waals surface area contributed by atoms with E-state index in [1.54, 1.807) is 4.68 Å². The minimum atomic E-state index is -0.405. The lowest BCUT2D eigenvalue weighted by Gasteiger charge is -2.28. The normalized spacial score (nSPS) is 15.8. The van der Waals surface area contributed by atoms with Crippen molar-refractivity contribution < 1.29 is 4.79 Å². The van der Waals surface area contributed by atoms with Gasteiger partial charge in [-0.2, -0.15) is 4.68 Å². The van der Waals surface area contributed by atoms with Crippen LogP contribution in [0.25, 0.3) is 0 Å². The molecule has 0 spiro atoms. The molecule has 0 radical (unpaired) electrons. The number of amides is 1. The Morgan fingerprint density at radius 1 is 1.04 bits per heavy atom. The van der Waals surface area contributed by atoms with Crippen molar-refractivity contribution in [1.82, 2.24) is 20.2 Å². The molecular formula is C21H22N6O. The molecule has 0 saturated heterocycles. The Hall–Kier alpha value is -3.48. The van der Waals surface area contributed by atoms with Gasteiger partial charge in [-0.1, -0.05) is 52.6 Å². The van der Waals surface area contributed by atoms with Crippen LogP contribution >= 0.6 is 0 Å². The van der Waals surface area contributed by atoms with Crippen LogP contribution in [0.15, 0.2) is 53.7 Å². The Kier molecular flexibility index (Phi) is 4.43. The number of aromatic nitrogens is 4. The minimum Gasteiger partial charge on any atom is -0.326 e. The lowest BCUT2D eigenvalue weighted by molar-refractivity contribution is -0.113. The number of fused-ring (bicyclic) bond motifs is 1. The van der Waals surface area contributed by atoms with Crippen molar-refractivity contribution in [3.63, 3.8) is 0 Å². The van der Waals surface area contributed by atoms with Crippen LogP contribution in [-0.2, 0) is 4.79 Å². The molecule has 1 amide bonds. The fourth-order valence-electron chi connectivity index (χ4n) is 3.51. The fraction of sp³-hybridized carbons (Fsp3) is 0.238. The van der Waals surface area contributed by atoms with E-state index in [-0.39, 0.29) is 5.91 Å². The molecule has 0 fully saturated rings. The number of aryl methyl sites for hydroxylation is 3. The van der Waals surface area contributed by atoms with Gasteiger partial charge in [0.25, 0.3) is 5.91 Å². The van der Waals surface area contributed by atoms with Crippen LogP contribution in [0.5, 0.6) is 0 Å². The molecule has 0 bridgehead atoms. The molecule has 1 unspecified atom stereocenters. The van der Waals surface area contributed by atoms with E-state index in [0.29, 0.717) is 11.5 Å². The maximum Gasteiger partial charge on any atom is 0.255 e. The second-order valence-corrected chi connectivity index (χ2v) is 7.20. The van der Waals surface area contributed by atoms with Gasteiger partial charge in [-0.15, -0.1) is 0 Å². The standard InChI is InChI=1S/C21H22N6O/c1-12-5-8-16(9-6-12)19-18(15(4)22-21-24-25-26-27(19)21)20(28)23-17-10-7-13(2)11-14(17)3/h5-11,19H,1-4H3,(H,23,28)(H,22,24,26). The molecule has 2 aromatic carbocycles. The summed E-state index contributed by atoms with van der Waals surface area (Å²) in [6.07, 6.45) is 0. The topological polar surface area (TPSA) is 84.7 Å². The lowest BCUT2D eigenvalue weighted by atomic mass is 9.94. The van der Waals surface area contributed by atoms with Crippen LogP contribution < -0.4 is 10.6 Å². The number of benzene rings is 2. The second kappa shape index (κ2) is 6.92. The highest BCUT2D eigenvalue weighted by Gasteiger charge is 2.34. The van der Waals surface area contributed by atoms with Gasteiger partial charge in [0.05, 0.1) is 5.57 Å². The molecular weight excluding hydrogens is 352 g/mol. The van der Waals surface area contributed by atoms with E-state index in [2.05, 4.69) is 26.2 Å². The highest BCUT2D eigenvalue weighted by molar-refractivity contribution is 6.06. The van der Waals surface area contributed by atoms with Crippen LogP contribution in [0, 0.1) is 20.8 Å². The average molecular weight is 374 g/mol. The van der Waals surface area contributed by atoms with E-state index in [4.69, 9.17) is 0 Å². The van der Waals surface area contributed by atoms with Gasteiger partial charge < -0.3 is 10.6 Å². The van der Waals surface area contributed by atoms with Gasteiger partial charge in [-0.05, 0) is 55.3 Å². The quantitative estimate of drug-likeness (QED) is 0.733. The zero-order valence-corrected chi connectivity index (χ0v) is 16.3. The first-order valence-electron chi connectivity index (χ1n) is 9.15. The summed E-state index contributed by atoms with van der Waals surface area (Å²) in [5.74, 6) is 0.342. The molecule has 2 heterocycles. The van der Waals surface area contributed by atoms with Crippen molar-refractivity contribution >= 4 is 17.5 Å². The second-order valence-electron chi connectivity index (χ2n) is 7.20. The Labute approximate surface area is 163 Å². The summed E-state index contributed by atoms with van der Waals surface area (Å²) in [6.45, 7) is 7.92. The number of hydrogen-bond acceptors (Lipinski definition) is 5. The van der Waals surface area contributed by atoms with E-state index >= 15 is 0 Å². The van der Waals surface area contributed by atoms with Gasteiger partial charge in [-0.3, -0.25) is 4.79 Å². The molecule has 1 aliphatic rings. The van der Waals surface area contributed by atoms with Gasteiger partial charge >= 0.3 is 0 Å². The first-order valence-corrected chi connectivity index (χ1v) is 9.15. The summed E-state index contributed by atoms with van der Waals surface area (Å²) in [6, 6.07) is 13.6. The lowest BCUT2D eigenvalue weighted by Crippen LogP contribution is -2.31. The Balaban J connectivity index is 1.76. The molecule has 28 heavy (non-hydrogen) atoms. The molecule has 0 saturated carbocycles. The summed E-state index contributed by atoms with van der Waals surface area (Å²) in [4.78, 5) is 13.3. The van der Waals surface area contributed by atoms with Gasteiger partial charge in [0.1, 0.15) is 6.04 Å². The van der Waals surface area contributed by atoms with Crippen molar-refractivity contribution in [3.8, 4) is 0 Å². The molecule has 4 rings (SSSR count). The van der Waals surface area contributed by atoms with E-state index < -0.39 is 6.04 Å². The summed E-state index contributed by atoms with van der Waals surface area (Å²) >= 11 is 0. The molecule has 1 aliphatic heterocycles. The summed E-state index contributed by atoms with van der Waals surface area (Å²) in [7, 11) is 0. The van der Waals surface area contributed by atoms with E-state index in [0.717, 1.165) is 33.6 Å². The van der Waals surface area contributed by atoms with Crippen LogP contribution in [0.1, 0.15) is 35.2 Å². The third-order valence-corrected chi connectivity index (χ3v) is 4.98. The first kappa shape index (κ1) is 17.9. The van der Waals surface area contributed by atoms with Gasteiger partial charge in [0.2, 0.25) is 5.95 Å². The van der Waals surface area contributed by atoms with Crippen molar-refractivity contribution in [2.75, 3.05) is 10.6 Å². The molecule has 3 aromatic rings. The average Bonchev–Trinajstić information content (AvgIpc) is 3.11. The Morgan fingerprint density at radius 2 is 1.75 bits per heavy atom. The monoisotopic (exact) mass is 374 g/mol. The summed E-state index contributed by atoms with van der Waals surface area (Å²) in [5, 5.41) is 18.1. The number of rotatable bonds is 3. The van der Waals surface area contributed by atoms with Crippen molar-refractivity contribution in [2.24, 2.45) is 0 Å². The molecule has 1 aromatic heterocycles. The molecule has 1 atom stereocenters. The zero-order valence-electron chi connectivity index (χ0n) is 16.3. The van der Waals surface area contributed by atoms with Crippen LogP contribution in [0.2, 0.25) is 0 Å². The van der Waals surface area contributed by atoms with Gasteiger partial charge in [0.15, 0.2) is 0 Å². The van der Waals surface area contributed by atoms with Crippen molar-refractivity contribution in [2.45, 2.75) is 33.7 Å². The van der Waals surface area contributed by atoms with Crippen LogP contribution in [0.3, 0.4) is 0 Å². The van der Waals surface area contributed by atoms with Gasteiger partial charge in [-0.25, -0.2) is 0 Å². The number of anilines is 2. The third kappa shape index (κ3) is 3.15. The van der Waals surface area contributed by atoms with Crippen LogP contribution in [-0.4, -0.2) is 26.1 Å². The molecule has 0 aliphatic carbocycles. The largest absolute Gasteiger partial charge is 0.326 e. The SMILES string of the molecule is CC1=C(C(=O)Nc2ccc(C)cc2C)C(c2ccc(C)cc2)n2nnnc2N1. The van der Waals surface area contributed by atoms with E-state index in [9.17, 15) is 4.79 Å². The predicted molar refractivity (Wildman–Crippen MR) is 108 cm³/mol. The summed E-state index contributed by atoms with van der Waals surface area (Å²) in [5.41, 5.74) is 6.38. The van der Waals surface area contributed by atoms with Crippen molar-refractivity contribution in [1.29, 1.82) is 0 Å². The van der Waals surface area contributed by atoms with Crippen LogP contribution in [0.4, 0.5) is 11.6 Å². The number of carbonyl (C=O) groups excluding carboxylic acids is 1. The number of allylic oxidation sites excluding steroid dienone is 1. The van der Waals surface area contributed by atoms with E-state index in [1.165, 1.54) is 0 Å². The fourth-order valence-corrected chi connectivity index (χ4v) is 3.51.